The molecule has 0 saturated heterocycles. The molecule has 1 heterocycles. The highest BCUT2D eigenvalue weighted by Gasteiger charge is 1.91. The van der Waals surface area contributed by atoms with Crippen LogP contribution in [0.1, 0.15) is 0 Å². The van der Waals surface area contributed by atoms with Gasteiger partial charge in [0.2, 0.25) is 0 Å². The van der Waals surface area contributed by atoms with Gasteiger partial charge in [-0.05, 0) is 0 Å². The summed E-state index contributed by atoms with van der Waals surface area (Å²) in [6.45, 7) is 3.20. The molecule has 2 N–H and O–H groups in total. The largest absolute Gasteiger partial charge is 0.302 e. The third kappa shape index (κ3) is 0.792. The van der Waals surface area contributed by atoms with Crippen LogP contribution in [0.4, 0.5) is 0 Å². The molecular weight excluding hydrogens is 76.1 g/mol. The molecule has 0 aliphatic carbocycles. The van der Waals surface area contributed by atoms with Gasteiger partial charge in [0.1, 0.15) is 0 Å². The van der Waals surface area contributed by atoms with E-state index in [9.17, 15) is 0 Å². The zero-order valence-corrected chi connectivity index (χ0v) is 3.70. The Bertz CT molecular complexity index is 50.6. The summed E-state index contributed by atoms with van der Waals surface area (Å²) >= 11 is 0. The molecule has 2 nitrogen and oxygen atoms in total. The Morgan fingerprint density at radius 2 is 2.67 bits per heavy atom. The quantitative estimate of drug-likeness (QED) is 0.341. The Labute approximate surface area is 37.3 Å². The normalized spacial score (nSPS) is 21.3. The van der Waals surface area contributed by atoms with Gasteiger partial charge in [-0.1, -0.05) is 0 Å². The van der Waals surface area contributed by atoms with Gasteiger partial charge in [0.05, 0.1) is 13.1 Å². The summed E-state index contributed by atoms with van der Waals surface area (Å²) in [7, 11) is 0. The molecule has 6 heavy (non-hydrogen) atoms. The molecule has 0 aromatic heterocycles. The van der Waals surface area contributed by atoms with E-state index >= 15 is 0 Å². The van der Waals surface area contributed by atoms with Crippen molar-refractivity contribution in [2.24, 2.45) is 0 Å². The second-order valence-electron chi connectivity index (χ2n) is 1.36. The Balaban J connectivity index is 2.26. The Morgan fingerprint density at radius 3 is 2.83 bits per heavy atom. The van der Waals surface area contributed by atoms with E-state index in [1.165, 1.54) is 0 Å². The van der Waals surface area contributed by atoms with Gasteiger partial charge in [0.15, 0.2) is 12.8 Å². The molecule has 0 fully saturated rings. The van der Waals surface area contributed by atoms with Gasteiger partial charge >= 0.3 is 0 Å². The molecule has 1 rings (SSSR count). The van der Waals surface area contributed by atoms with Gasteiger partial charge in [-0.3, -0.25) is 0 Å². The third-order valence-electron chi connectivity index (χ3n) is 0.837. The summed E-state index contributed by atoms with van der Waals surface area (Å²) in [5, 5.41) is 3.17. The molecule has 0 saturated carbocycles. The predicted molar refractivity (Wildman–Crippen MR) is 24.8 cm³/mol. The zero-order valence-electron chi connectivity index (χ0n) is 3.70. The standard InChI is InChI=1S/C4H8N2/c1-2-6-4-3-5-1/h1,6H,2-4H2/p+1. The van der Waals surface area contributed by atoms with Gasteiger partial charge in [0.25, 0.3) is 0 Å². The van der Waals surface area contributed by atoms with Gasteiger partial charge in [-0.2, -0.15) is 0 Å². The maximum absolute atomic E-state index is 3.17. The lowest BCUT2D eigenvalue weighted by molar-refractivity contribution is -0.454. The fraction of sp³-hybridized carbons (Fsp3) is 0.750. The van der Waals surface area contributed by atoms with E-state index in [-0.39, 0.29) is 0 Å². The van der Waals surface area contributed by atoms with E-state index in [1.807, 2.05) is 6.21 Å². The molecule has 1 aliphatic heterocycles. The van der Waals surface area contributed by atoms with Crippen molar-refractivity contribution < 1.29 is 4.99 Å². The van der Waals surface area contributed by atoms with Crippen LogP contribution < -0.4 is 10.3 Å². The van der Waals surface area contributed by atoms with E-state index in [2.05, 4.69) is 10.3 Å². The second-order valence-corrected chi connectivity index (χ2v) is 1.36. The number of hydrogen-bond acceptors (Lipinski definition) is 1. The monoisotopic (exact) mass is 85.1 g/mol. The molecule has 0 aromatic rings. The topological polar surface area (TPSA) is 26.0 Å². The lowest BCUT2D eigenvalue weighted by Gasteiger charge is -1.95. The van der Waals surface area contributed by atoms with Gasteiger partial charge < -0.3 is 5.32 Å². The Kier molecular flexibility index (Phi) is 1.22. The highest BCUT2D eigenvalue weighted by molar-refractivity contribution is 5.52. The molecule has 0 amide bonds. The van der Waals surface area contributed by atoms with Crippen LogP contribution in [0, 0.1) is 0 Å². The van der Waals surface area contributed by atoms with Crippen molar-refractivity contribution >= 4 is 6.21 Å². The Hall–Kier alpha value is -0.370. The molecule has 0 unspecified atom stereocenters. The molecule has 0 atom stereocenters. The second kappa shape index (κ2) is 1.92. The highest BCUT2D eigenvalue weighted by Crippen LogP contribution is 1.49. The van der Waals surface area contributed by atoms with Crippen molar-refractivity contribution in [2.45, 2.75) is 0 Å². The maximum atomic E-state index is 3.17. The molecule has 1 aliphatic rings. The SMILES string of the molecule is C1=[NH+]CCNC1. The molecule has 0 aromatic carbocycles. The molecule has 0 spiro atoms. The summed E-state index contributed by atoms with van der Waals surface area (Å²) in [6, 6.07) is 0. The van der Waals surface area contributed by atoms with E-state index < -0.39 is 0 Å². The van der Waals surface area contributed by atoms with E-state index in [4.69, 9.17) is 0 Å². The average molecular weight is 85.1 g/mol. The molecule has 0 bridgehead atoms. The minimum absolute atomic E-state index is 1.01. The molecule has 2 heteroatoms. The van der Waals surface area contributed by atoms with Crippen LogP contribution in [0.25, 0.3) is 0 Å². The van der Waals surface area contributed by atoms with Crippen molar-refractivity contribution in [1.82, 2.24) is 5.32 Å². The van der Waals surface area contributed by atoms with Crippen LogP contribution in [-0.4, -0.2) is 25.8 Å². The van der Waals surface area contributed by atoms with Crippen molar-refractivity contribution in [1.29, 1.82) is 0 Å². The van der Waals surface area contributed by atoms with Crippen LogP contribution in [0.15, 0.2) is 0 Å². The first kappa shape index (κ1) is 3.81. The lowest BCUT2D eigenvalue weighted by Crippen LogP contribution is -2.75. The summed E-state index contributed by atoms with van der Waals surface area (Å²) in [6.07, 6.45) is 2.03. The molecule has 0 radical (unpaired) electrons. The van der Waals surface area contributed by atoms with Gasteiger partial charge in [0, 0.05) is 0 Å². The Morgan fingerprint density at radius 1 is 1.67 bits per heavy atom. The minimum atomic E-state index is 1.01. The fourth-order valence-corrected chi connectivity index (χ4v) is 0.509. The highest BCUT2D eigenvalue weighted by atomic mass is 14.9. The first-order valence-corrected chi connectivity index (χ1v) is 2.26. The zero-order chi connectivity index (χ0) is 4.24. The van der Waals surface area contributed by atoms with E-state index in [1.54, 1.807) is 0 Å². The average Bonchev–Trinajstić information content (AvgIpc) is 1.72. The summed E-state index contributed by atoms with van der Waals surface area (Å²) in [5.41, 5.74) is 0. The van der Waals surface area contributed by atoms with Crippen molar-refractivity contribution in [2.75, 3.05) is 19.6 Å². The van der Waals surface area contributed by atoms with Crippen LogP contribution in [-0.2, 0) is 0 Å². The fourth-order valence-electron chi connectivity index (χ4n) is 0.509. The van der Waals surface area contributed by atoms with Crippen LogP contribution >= 0.6 is 0 Å². The van der Waals surface area contributed by atoms with Gasteiger partial charge in [-0.25, -0.2) is 4.99 Å². The lowest BCUT2D eigenvalue weighted by atomic mass is 10.5. The third-order valence-corrected chi connectivity index (χ3v) is 0.837. The van der Waals surface area contributed by atoms with Crippen LogP contribution in [0.2, 0.25) is 0 Å². The summed E-state index contributed by atoms with van der Waals surface area (Å²) in [5.74, 6) is 0. The summed E-state index contributed by atoms with van der Waals surface area (Å²) < 4.78 is 0. The number of hydrogen-bond donors (Lipinski definition) is 2. The maximum Gasteiger partial charge on any atom is 0.152 e. The van der Waals surface area contributed by atoms with E-state index in [0.29, 0.717) is 0 Å². The van der Waals surface area contributed by atoms with Crippen LogP contribution in [0.3, 0.4) is 0 Å². The van der Waals surface area contributed by atoms with Crippen molar-refractivity contribution in [3.63, 3.8) is 0 Å². The predicted octanol–water partition coefficient (Wildman–Crippen LogP) is -2.26. The van der Waals surface area contributed by atoms with Crippen LogP contribution in [0.5, 0.6) is 0 Å². The first-order valence-electron chi connectivity index (χ1n) is 2.26. The minimum Gasteiger partial charge on any atom is -0.302 e. The smallest absolute Gasteiger partial charge is 0.152 e. The summed E-state index contributed by atoms with van der Waals surface area (Å²) in [4.78, 5) is 3.10. The van der Waals surface area contributed by atoms with E-state index in [0.717, 1.165) is 19.6 Å². The van der Waals surface area contributed by atoms with Gasteiger partial charge in [-0.15, -0.1) is 0 Å². The molecular formula is C4H9N2+. The van der Waals surface area contributed by atoms with Crippen molar-refractivity contribution in [3.05, 3.63) is 0 Å². The van der Waals surface area contributed by atoms with Crippen molar-refractivity contribution in [3.8, 4) is 0 Å². The molecule has 34 valence electrons. The first-order chi connectivity index (χ1) is 3.00. The number of nitrogens with one attached hydrogen (secondary N) is 2. The number of rotatable bonds is 0.